The summed E-state index contributed by atoms with van der Waals surface area (Å²) in [6.07, 6.45) is 3.39. The van der Waals surface area contributed by atoms with E-state index in [0.717, 1.165) is 27.6 Å². The van der Waals surface area contributed by atoms with Crippen molar-refractivity contribution in [2.75, 3.05) is 32.6 Å². The maximum atomic E-state index is 13.1. The molecule has 0 radical (unpaired) electrons. The maximum Gasteiger partial charge on any atom is 0.322 e. The molecule has 0 fully saturated rings. The van der Waals surface area contributed by atoms with Gasteiger partial charge in [0.05, 0.1) is 25.5 Å². The van der Waals surface area contributed by atoms with Gasteiger partial charge in [0.15, 0.2) is 11.5 Å². The lowest BCUT2D eigenvalue weighted by molar-refractivity contribution is 0.0955. The smallest absolute Gasteiger partial charge is 0.322 e. The Labute approximate surface area is 215 Å². The minimum Gasteiger partial charge on any atom is -0.493 e. The number of fused-ring (bicyclic) bond motifs is 2. The predicted octanol–water partition coefficient (Wildman–Crippen LogP) is 4.75. The highest BCUT2D eigenvalue weighted by atomic mass is 16.5. The first-order valence-corrected chi connectivity index (χ1v) is 12.3. The van der Waals surface area contributed by atoms with E-state index in [4.69, 9.17) is 9.47 Å². The zero-order chi connectivity index (χ0) is 25.8. The summed E-state index contributed by atoms with van der Waals surface area (Å²) in [5.41, 5.74) is 5.29. The standard InChI is InChI=1S/C29H30N4O4/c1-36-26-15-19-12-14-33(18-21(19)16-27(26)37-2)29(35)32-25-10-6-4-8-23(25)28(34)30-13-11-20-17-31-24-9-5-3-7-22(20)24/h3-10,15-17,31H,11-14,18H2,1-2H3,(H,30,34)(H,32,35). The zero-order valence-corrected chi connectivity index (χ0v) is 21.0. The molecule has 5 rings (SSSR count). The van der Waals surface area contributed by atoms with Crippen molar-refractivity contribution in [2.24, 2.45) is 0 Å². The lowest BCUT2D eigenvalue weighted by Gasteiger charge is -2.30. The van der Waals surface area contributed by atoms with Gasteiger partial charge < -0.3 is 30.0 Å². The number of nitrogens with one attached hydrogen (secondary N) is 3. The highest BCUT2D eigenvalue weighted by Gasteiger charge is 2.24. The van der Waals surface area contributed by atoms with Crippen LogP contribution in [0.1, 0.15) is 27.0 Å². The summed E-state index contributed by atoms with van der Waals surface area (Å²) in [4.78, 5) is 31.1. The van der Waals surface area contributed by atoms with Gasteiger partial charge in [0.1, 0.15) is 0 Å². The van der Waals surface area contributed by atoms with Crippen LogP contribution in [-0.4, -0.2) is 49.1 Å². The molecule has 190 valence electrons. The van der Waals surface area contributed by atoms with Crippen LogP contribution >= 0.6 is 0 Å². The molecular formula is C29H30N4O4. The third-order valence-corrected chi connectivity index (χ3v) is 6.77. The molecule has 4 aromatic rings. The fraction of sp³-hybridized carbons (Fsp3) is 0.241. The number of urea groups is 1. The largest absolute Gasteiger partial charge is 0.493 e. The van der Waals surface area contributed by atoms with Crippen molar-refractivity contribution < 1.29 is 19.1 Å². The Morgan fingerprint density at radius 1 is 0.973 bits per heavy atom. The molecule has 3 N–H and O–H groups in total. The van der Waals surface area contributed by atoms with Gasteiger partial charge in [0.2, 0.25) is 0 Å². The first-order valence-electron chi connectivity index (χ1n) is 12.3. The zero-order valence-electron chi connectivity index (χ0n) is 21.0. The Bertz CT molecular complexity index is 1450. The van der Waals surface area contributed by atoms with E-state index in [1.54, 1.807) is 43.4 Å². The Balaban J connectivity index is 1.23. The minimum atomic E-state index is -0.250. The third kappa shape index (κ3) is 5.09. The van der Waals surface area contributed by atoms with Gasteiger partial charge in [-0.3, -0.25) is 4.79 Å². The van der Waals surface area contributed by atoms with Crippen LogP contribution in [-0.2, 0) is 19.4 Å². The van der Waals surface area contributed by atoms with Crippen LogP contribution < -0.4 is 20.1 Å². The van der Waals surface area contributed by atoms with E-state index < -0.39 is 0 Å². The van der Waals surface area contributed by atoms with Gasteiger partial charge in [-0.15, -0.1) is 0 Å². The molecule has 8 heteroatoms. The van der Waals surface area contributed by atoms with E-state index in [1.807, 2.05) is 36.5 Å². The number of carbonyl (C=O) groups is 2. The number of H-pyrrole nitrogens is 1. The molecule has 1 aromatic heterocycles. The van der Waals surface area contributed by atoms with E-state index in [0.29, 0.717) is 55.2 Å². The van der Waals surface area contributed by atoms with E-state index in [2.05, 4.69) is 21.7 Å². The van der Waals surface area contributed by atoms with Crippen molar-refractivity contribution in [3.05, 3.63) is 89.1 Å². The molecule has 1 aliphatic heterocycles. The first-order chi connectivity index (χ1) is 18.1. The lowest BCUT2D eigenvalue weighted by atomic mass is 9.99. The summed E-state index contributed by atoms with van der Waals surface area (Å²) >= 11 is 0. The molecule has 3 amide bonds. The average molecular weight is 499 g/mol. The summed E-state index contributed by atoms with van der Waals surface area (Å²) in [6.45, 7) is 1.49. The number of para-hydroxylation sites is 2. The number of aromatic amines is 1. The molecule has 0 bridgehead atoms. The third-order valence-electron chi connectivity index (χ3n) is 6.77. The van der Waals surface area contributed by atoms with E-state index in [9.17, 15) is 9.59 Å². The number of benzene rings is 3. The van der Waals surface area contributed by atoms with Crippen LogP contribution in [0.2, 0.25) is 0 Å². The molecule has 0 aliphatic carbocycles. The number of carbonyl (C=O) groups excluding carboxylic acids is 2. The van der Waals surface area contributed by atoms with Crippen molar-refractivity contribution >= 4 is 28.5 Å². The van der Waals surface area contributed by atoms with Crippen molar-refractivity contribution in [1.82, 2.24) is 15.2 Å². The number of hydrogen-bond donors (Lipinski definition) is 3. The van der Waals surface area contributed by atoms with Gasteiger partial charge in [-0.05, 0) is 59.9 Å². The molecule has 1 aliphatic rings. The van der Waals surface area contributed by atoms with Crippen LogP contribution in [0.3, 0.4) is 0 Å². The van der Waals surface area contributed by atoms with Crippen LogP contribution in [0.25, 0.3) is 10.9 Å². The molecule has 0 unspecified atom stereocenters. The quantitative estimate of drug-likeness (QED) is 0.343. The van der Waals surface area contributed by atoms with Crippen LogP contribution in [0, 0.1) is 0 Å². The number of amides is 3. The van der Waals surface area contributed by atoms with Gasteiger partial charge in [-0.2, -0.15) is 0 Å². The second-order valence-electron chi connectivity index (χ2n) is 8.99. The van der Waals surface area contributed by atoms with E-state index in [-0.39, 0.29) is 11.9 Å². The number of anilines is 1. The first kappa shape index (κ1) is 24.2. The highest BCUT2D eigenvalue weighted by molar-refractivity contribution is 6.03. The Kier molecular flexibility index (Phi) is 6.98. The van der Waals surface area contributed by atoms with Crippen LogP contribution in [0.15, 0.2) is 66.9 Å². The molecule has 3 aromatic carbocycles. The van der Waals surface area contributed by atoms with E-state index >= 15 is 0 Å². The number of nitrogens with zero attached hydrogens (tertiary/aromatic N) is 1. The molecule has 2 heterocycles. The van der Waals surface area contributed by atoms with Gasteiger partial charge in [-0.25, -0.2) is 4.79 Å². The summed E-state index contributed by atoms with van der Waals surface area (Å²) in [6, 6.07) is 18.8. The number of aromatic nitrogens is 1. The summed E-state index contributed by atoms with van der Waals surface area (Å²) in [7, 11) is 3.21. The summed E-state index contributed by atoms with van der Waals surface area (Å²) < 4.78 is 10.8. The number of methoxy groups -OCH3 is 2. The van der Waals surface area contributed by atoms with Crippen molar-refractivity contribution in [1.29, 1.82) is 0 Å². The van der Waals surface area contributed by atoms with Gasteiger partial charge >= 0.3 is 6.03 Å². The Morgan fingerprint density at radius 3 is 2.51 bits per heavy atom. The summed E-state index contributed by atoms with van der Waals surface area (Å²) in [5, 5.41) is 7.08. The Hall–Kier alpha value is -4.46. The molecule has 0 spiro atoms. The van der Waals surface area contributed by atoms with Crippen molar-refractivity contribution in [3.8, 4) is 11.5 Å². The lowest BCUT2D eigenvalue weighted by Crippen LogP contribution is -2.39. The van der Waals surface area contributed by atoms with Crippen molar-refractivity contribution in [2.45, 2.75) is 19.4 Å². The van der Waals surface area contributed by atoms with Gasteiger partial charge in [0.25, 0.3) is 5.91 Å². The second-order valence-corrected chi connectivity index (χ2v) is 8.99. The van der Waals surface area contributed by atoms with Gasteiger partial charge in [0, 0.05) is 36.7 Å². The topological polar surface area (TPSA) is 95.7 Å². The molecule has 0 saturated carbocycles. The monoisotopic (exact) mass is 498 g/mol. The Morgan fingerprint density at radius 2 is 1.70 bits per heavy atom. The fourth-order valence-corrected chi connectivity index (χ4v) is 4.79. The normalized spacial score (nSPS) is 12.6. The molecule has 0 saturated heterocycles. The molecule has 0 atom stereocenters. The van der Waals surface area contributed by atoms with Crippen molar-refractivity contribution in [3.63, 3.8) is 0 Å². The van der Waals surface area contributed by atoms with Crippen LogP contribution in [0.4, 0.5) is 10.5 Å². The molecule has 37 heavy (non-hydrogen) atoms. The number of hydrogen-bond acceptors (Lipinski definition) is 4. The highest BCUT2D eigenvalue weighted by Crippen LogP contribution is 2.33. The summed E-state index contributed by atoms with van der Waals surface area (Å²) in [5.74, 6) is 1.10. The van der Waals surface area contributed by atoms with E-state index in [1.165, 1.54) is 0 Å². The maximum absolute atomic E-state index is 13.1. The second kappa shape index (κ2) is 10.7. The SMILES string of the molecule is COc1cc2c(cc1OC)CN(C(=O)Nc1ccccc1C(=O)NCCc1c[nH]c3ccccc13)CC2. The number of ether oxygens (including phenoxy) is 2. The van der Waals surface area contributed by atoms with Gasteiger partial charge in [-0.1, -0.05) is 30.3 Å². The average Bonchev–Trinajstić information content (AvgIpc) is 3.35. The predicted molar refractivity (Wildman–Crippen MR) is 143 cm³/mol. The minimum absolute atomic E-state index is 0.225. The van der Waals surface area contributed by atoms with Crippen LogP contribution in [0.5, 0.6) is 11.5 Å². The molecule has 8 nitrogen and oxygen atoms in total. The fourth-order valence-electron chi connectivity index (χ4n) is 4.79. The molecular weight excluding hydrogens is 468 g/mol. The number of rotatable bonds is 7.